The van der Waals surface area contributed by atoms with Crippen LogP contribution in [0.25, 0.3) is 0 Å². The SMILES string of the molecule is CCOC(=O)C(NC(=O)CC(N)c1ccccc1)C(C)CC. The molecule has 0 heterocycles. The molecule has 0 fully saturated rings. The van der Waals surface area contributed by atoms with Crippen LogP contribution in [0.1, 0.15) is 45.2 Å². The van der Waals surface area contributed by atoms with E-state index in [1.54, 1.807) is 6.92 Å². The predicted molar refractivity (Wildman–Crippen MR) is 86.0 cm³/mol. The lowest BCUT2D eigenvalue weighted by molar-refractivity contribution is -0.149. The number of carbonyl (C=O) groups is 2. The first-order valence-electron chi connectivity index (χ1n) is 7.76. The molecule has 0 aliphatic heterocycles. The third kappa shape index (κ3) is 5.48. The van der Waals surface area contributed by atoms with E-state index in [1.165, 1.54) is 0 Å². The molecule has 0 aliphatic carbocycles. The molecule has 5 heteroatoms. The maximum atomic E-state index is 12.2. The second-order valence-electron chi connectivity index (χ2n) is 5.40. The minimum Gasteiger partial charge on any atom is -0.464 e. The molecule has 0 radical (unpaired) electrons. The van der Waals surface area contributed by atoms with Crippen molar-refractivity contribution in [2.75, 3.05) is 6.61 Å². The first kappa shape index (κ1) is 18.2. The number of nitrogens with two attached hydrogens (primary N) is 1. The summed E-state index contributed by atoms with van der Waals surface area (Å²) in [4.78, 5) is 24.1. The summed E-state index contributed by atoms with van der Waals surface area (Å²) in [6.45, 7) is 5.93. The van der Waals surface area contributed by atoms with E-state index in [-0.39, 0.29) is 24.3 Å². The highest BCUT2D eigenvalue weighted by Crippen LogP contribution is 2.15. The molecule has 1 aromatic carbocycles. The lowest BCUT2D eigenvalue weighted by atomic mass is 9.98. The van der Waals surface area contributed by atoms with Crippen LogP contribution in [0.3, 0.4) is 0 Å². The van der Waals surface area contributed by atoms with Gasteiger partial charge in [0.25, 0.3) is 0 Å². The molecule has 3 unspecified atom stereocenters. The van der Waals surface area contributed by atoms with Crippen LogP contribution in [0.4, 0.5) is 0 Å². The molecule has 0 bridgehead atoms. The molecule has 0 saturated heterocycles. The van der Waals surface area contributed by atoms with Crippen molar-refractivity contribution in [3.8, 4) is 0 Å². The van der Waals surface area contributed by atoms with Crippen molar-refractivity contribution in [1.29, 1.82) is 0 Å². The zero-order valence-electron chi connectivity index (χ0n) is 13.5. The number of amides is 1. The van der Waals surface area contributed by atoms with E-state index in [0.717, 1.165) is 12.0 Å². The van der Waals surface area contributed by atoms with Crippen LogP contribution in [0.15, 0.2) is 30.3 Å². The number of rotatable bonds is 8. The van der Waals surface area contributed by atoms with Crippen LogP contribution >= 0.6 is 0 Å². The molecule has 0 saturated carbocycles. The fraction of sp³-hybridized carbons (Fsp3) is 0.529. The van der Waals surface area contributed by atoms with Crippen LogP contribution < -0.4 is 11.1 Å². The third-order valence-electron chi connectivity index (χ3n) is 3.70. The second kappa shape index (κ2) is 9.20. The van der Waals surface area contributed by atoms with Gasteiger partial charge in [-0.1, -0.05) is 50.6 Å². The minimum atomic E-state index is -0.625. The van der Waals surface area contributed by atoms with E-state index >= 15 is 0 Å². The number of hydrogen-bond acceptors (Lipinski definition) is 4. The van der Waals surface area contributed by atoms with Crippen LogP contribution in [0.2, 0.25) is 0 Å². The first-order chi connectivity index (χ1) is 10.5. The summed E-state index contributed by atoms with van der Waals surface area (Å²) in [5.41, 5.74) is 6.94. The van der Waals surface area contributed by atoms with E-state index in [2.05, 4.69) is 5.32 Å². The molecule has 122 valence electrons. The van der Waals surface area contributed by atoms with Crippen molar-refractivity contribution in [3.63, 3.8) is 0 Å². The molecule has 22 heavy (non-hydrogen) atoms. The Morgan fingerprint density at radius 2 is 1.86 bits per heavy atom. The van der Waals surface area contributed by atoms with E-state index < -0.39 is 12.0 Å². The average Bonchev–Trinajstić information content (AvgIpc) is 2.52. The standard InChI is InChI=1S/C17H26N2O3/c1-4-12(3)16(17(21)22-5-2)19-15(20)11-14(18)13-9-7-6-8-10-13/h6-10,12,14,16H,4-5,11,18H2,1-3H3,(H,19,20). The summed E-state index contributed by atoms with van der Waals surface area (Å²) < 4.78 is 5.03. The Bertz CT molecular complexity index is 476. The van der Waals surface area contributed by atoms with Gasteiger partial charge >= 0.3 is 5.97 Å². The highest BCUT2D eigenvalue weighted by Gasteiger charge is 2.27. The van der Waals surface area contributed by atoms with Gasteiger partial charge in [0.15, 0.2) is 0 Å². The number of ether oxygens (including phenoxy) is 1. The van der Waals surface area contributed by atoms with Crippen LogP contribution in [0.5, 0.6) is 0 Å². The summed E-state index contributed by atoms with van der Waals surface area (Å²) in [6.07, 6.45) is 0.908. The molecule has 5 nitrogen and oxygen atoms in total. The molecule has 0 spiro atoms. The van der Waals surface area contributed by atoms with Crippen LogP contribution in [-0.4, -0.2) is 24.5 Å². The normalized spacial score (nSPS) is 14.7. The van der Waals surface area contributed by atoms with Crippen molar-refractivity contribution in [2.45, 2.75) is 45.7 Å². The predicted octanol–water partition coefficient (Wildman–Crippen LogP) is 2.17. The number of benzene rings is 1. The van der Waals surface area contributed by atoms with Gasteiger partial charge in [-0.2, -0.15) is 0 Å². The molecule has 0 aliphatic rings. The van der Waals surface area contributed by atoms with Crippen molar-refractivity contribution in [1.82, 2.24) is 5.32 Å². The topological polar surface area (TPSA) is 81.4 Å². The molecule has 1 rings (SSSR count). The fourth-order valence-corrected chi connectivity index (χ4v) is 2.15. The van der Waals surface area contributed by atoms with E-state index in [0.29, 0.717) is 6.61 Å². The highest BCUT2D eigenvalue weighted by atomic mass is 16.5. The average molecular weight is 306 g/mol. The van der Waals surface area contributed by atoms with Crippen LogP contribution in [0, 0.1) is 5.92 Å². The largest absolute Gasteiger partial charge is 0.464 e. The monoisotopic (exact) mass is 306 g/mol. The van der Waals surface area contributed by atoms with Crippen molar-refractivity contribution < 1.29 is 14.3 Å². The summed E-state index contributed by atoms with van der Waals surface area (Å²) in [5.74, 6) is -0.621. The number of esters is 1. The van der Waals surface area contributed by atoms with Gasteiger partial charge in [-0.3, -0.25) is 4.79 Å². The molecule has 1 aromatic rings. The lowest BCUT2D eigenvalue weighted by Gasteiger charge is -2.23. The van der Waals surface area contributed by atoms with Gasteiger partial charge in [-0.05, 0) is 18.4 Å². The molecule has 1 amide bonds. The number of nitrogens with one attached hydrogen (secondary N) is 1. The molecular weight excluding hydrogens is 280 g/mol. The molecule has 3 N–H and O–H groups in total. The van der Waals surface area contributed by atoms with Gasteiger partial charge in [0.1, 0.15) is 6.04 Å². The lowest BCUT2D eigenvalue weighted by Crippen LogP contribution is -2.46. The summed E-state index contributed by atoms with van der Waals surface area (Å²) in [6, 6.07) is 8.42. The van der Waals surface area contributed by atoms with Crippen LogP contribution in [-0.2, 0) is 14.3 Å². The van der Waals surface area contributed by atoms with Crippen molar-refractivity contribution in [2.24, 2.45) is 11.7 Å². The van der Waals surface area contributed by atoms with Crippen molar-refractivity contribution in [3.05, 3.63) is 35.9 Å². The maximum absolute atomic E-state index is 12.2. The highest BCUT2D eigenvalue weighted by molar-refractivity contribution is 5.85. The molecule has 3 atom stereocenters. The van der Waals surface area contributed by atoms with Gasteiger partial charge in [0.05, 0.1) is 6.61 Å². The van der Waals surface area contributed by atoms with Gasteiger partial charge in [-0.15, -0.1) is 0 Å². The summed E-state index contributed by atoms with van der Waals surface area (Å²) in [5, 5.41) is 2.76. The Balaban J connectivity index is 2.65. The van der Waals surface area contributed by atoms with E-state index in [9.17, 15) is 9.59 Å². The Morgan fingerprint density at radius 3 is 2.41 bits per heavy atom. The van der Waals surface area contributed by atoms with Gasteiger partial charge in [-0.25, -0.2) is 4.79 Å². The zero-order chi connectivity index (χ0) is 16.5. The third-order valence-corrected chi connectivity index (χ3v) is 3.70. The minimum absolute atomic E-state index is 0.0101. The quantitative estimate of drug-likeness (QED) is 0.721. The van der Waals surface area contributed by atoms with Gasteiger partial charge in [0.2, 0.25) is 5.91 Å². The van der Waals surface area contributed by atoms with E-state index in [4.69, 9.17) is 10.5 Å². The Kier molecular flexibility index (Phi) is 7.60. The van der Waals surface area contributed by atoms with Gasteiger partial charge in [0, 0.05) is 12.5 Å². The fourth-order valence-electron chi connectivity index (χ4n) is 2.15. The first-order valence-corrected chi connectivity index (χ1v) is 7.76. The number of hydrogen-bond donors (Lipinski definition) is 2. The maximum Gasteiger partial charge on any atom is 0.328 e. The summed E-state index contributed by atoms with van der Waals surface area (Å²) in [7, 11) is 0. The van der Waals surface area contributed by atoms with E-state index in [1.807, 2.05) is 44.2 Å². The Morgan fingerprint density at radius 1 is 1.23 bits per heavy atom. The molecular formula is C17H26N2O3. The smallest absolute Gasteiger partial charge is 0.328 e. The molecule has 0 aromatic heterocycles. The van der Waals surface area contributed by atoms with Gasteiger partial charge < -0.3 is 15.8 Å². The van der Waals surface area contributed by atoms with Crippen molar-refractivity contribution >= 4 is 11.9 Å². The second-order valence-corrected chi connectivity index (χ2v) is 5.40. The zero-order valence-corrected chi connectivity index (χ0v) is 13.5. The Labute approximate surface area is 132 Å². The summed E-state index contributed by atoms with van der Waals surface area (Å²) >= 11 is 0. The number of carbonyl (C=O) groups excluding carboxylic acids is 2. The Hall–Kier alpha value is -1.88.